The molecule has 0 radical (unpaired) electrons. The van der Waals surface area contributed by atoms with Crippen LogP contribution < -0.4 is 5.11 Å². The average molecular weight is 187 g/mol. The minimum Gasteiger partial charge on any atom is -0.545 e. The van der Waals surface area contributed by atoms with Crippen molar-refractivity contribution in [2.45, 2.75) is 26.4 Å². The van der Waals surface area contributed by atoms with E-state index in [-0.39, 0.29) is 0 Å². The largest absolute Gasteiger partial charge is 0.545 e. The van der Waals surface area contributed by atoms with E-state index >= 15 is 0 Å². The van der Waals surface area contributed by atoms with Crippen LogP contribution in [0.25, 0.3) is 0 Å². The lowest BCUT2D eigenvalue weighted by atomic mass is 10.2. The van der Waals surface area contributed by atoms with Crippen molar-refractivity contribution < 1.29 is 24.5 Å². The molecule has 0 fully saturated rings. The van der Waals surface area contributed by atoms with Crippen LogP contribution in [0.3, 0.4) is 0 Å². The zero-order valence-corrected chi connectivity index (χ0v) is 7.70. The van der Waals surface area contributed by atoms with Gasteiger partial charge in [0.15, 0.2) is 0 Å². The maximum absolute atomic E-state index is 10.7. The average Bonchev–Trinajstić information content (AvgIpc) is 1.95. The van der Waals surface area contributed by atoms with Gasteiger partial charge in [-0.3, -0.25) is 4.89 Å². The predicted octanol–water partition coefficient (Wildman–Crippen LogP) is -0.434. The van der Waals surface area contributed by atoms with Crippen molar-refractivity contribution in [3.05, 3.63) is 12.2 Å². The molecule has 0 spiro atoms. The number of hydrogen-bond donors (Lipinski definition) is 0. The highest BCUT2D eigenvalue weighted by Gasteiger charge is 2.13. The van der Waals surface area contributed by atoms with Crippen LogP contribution in [0, 0.1) is 0 Å². The second kappa shape index (κ2) is 4.61. The molecule has 0 saturated carbocycles. The molecule has 5 heteroatoms. The van der Waals surface area contributed by atoms with Gasteiger partial charge < -0.3 is 9.90 Å². The predicted molar refractivity (Wildman–Crippen MR) is 41.1 cm³/mol. The normalized spacial score (nSPS) is 11.6. The number of rotatable bonds is 3. The zero-order valence-electron chi connectivity index (χ0n) is 7.70. The van der Waals surface area contributed by atoms with Crippen molar-refractivity contribution in [3.8, 4) is 0 Å². The molecule has 0 heterocycles. The van der Waals surface area contributed by atoms with Gasteiger partial charge in [0, 0.05) is 6.08 Å². The van der Waals surface area contributed by atoms with Crippen molar-refractivity contribution in [3.63, 3.8) is 0 Å². The number of carbonyl (C=O) groups is 2. The Morgan fingerprint density at radius 1 is 1.23 bits per heavy atom. The second-order valence-corrected chi connectivity index (χ2v) is 3.25. The van der Waals surface area contributed by atoms with E-state index in [0.29, 0.717) is 12.2 Å². The first kappa shape index (κ1) is 11.6. The molecule has 0 aromatic heterocycles. The third-order valence-electron chi connectivity index (χ3n) is 0.729. The van der Waals surface area contributed by atoms with Crippen molar-refractivity contribution in [2.24, 2.45) is 0 Å². The summed E-state index contributed by atoms with van der Waals surface area (Å²) in [7, 11) is 0. The van der Waals surface area contributed by atoms with Gasteiger partial charge in [-0.05, 0) is 26.8 Å². The minimum atomic E-state index is -1.47. The van der Waals surface area contributed by atoms with E-state index in [4.69, 9.17) is 0 Å². The van der Waals surface area contributed by atoms with Gasteiger partial charge in [-0.2, -0.15) is 4.89 Å². The lowest BCUT2D eigenvalue weighted by molar-refractivity contribution is -0.316. The molecule has 0 aliphatic rings. The van der Waals surface area contributed by atoms with E-state index < -0.39 is 17.5 Å². The molecule has 0 rings (SSSR count). The maximum atomic E-state index is 10.7. The first-order valence-corrected chi connectivity index (χ1v) is 3.60. The molecule has 5 nitrogen and oxygen atoms in total. The van der Waals surface area contributed by atoms with E-state index in [2.05, 4.69) is 9.78 Å². The van der Waals surface area contributed by atoms with E-state index in [1.807, 2.05) is 0 Å². The van der Waals surface area contributed by atoms with Crippen LogP contribution in [-0.2, 0) is 19.4 Å². The summed E-state index contributed by atoms with van der Waals surface area (Å²) >= 11 is 0. The van der Waals surface area contributed by atoms with Gasteiger partial charge in [0.05, 0.1) is 5.97 Å². The molecule has 0 bridgehead atoms. The Bertz CT molecular complexity index is 223. The summed E-state index contributed by atoms with van der Waals surface area (Å²) in [4.78, 5) is 29.4. The van der Waals surface area contributed by atoms with Crippen molar-refractivity contribution >= 4 is 11.9 Å². The van der Waals surface area contributed by atoms with Crippen LogP contribution in [0.1, 0.15) is 20.8 Å². The highest BCUT2D eigenvalue weighted by atomic mass is 17.2. The van der Waals surface area contributed by atoms with Crippen LogP contribution in [0.15, 0.2) is 12.2 Å². The summed E-state index contributed by atoms with van der Waals surface area (Å²) < 4.78 is 0. The summed E-state index contributed by atoms with van der Waals surface area (Å²) in [6.45, 7) is 5.05. The van der Waals surface area contributed by atoms with Gasteiger partial charge in [0.2, 0.25) is 0 Å². The van der Waals surface area contributed by atoms with Crippen LogP contribution in [0.5, 0.6) is 0 Å². The molecule has 0 atom stereocenters. The van der Waals surface area contributed by atoms with Gasteiger partial charge in [0.1, 0.15) is 5.60 Å². The molecule has 0 unspecified atom stereocenters. The Morgan fingerprint density at radius 3 is 2.15 bits per heavy atom. The van der Waals surface area contributed by atoms with Crippen molar-refractivity contribution in [1.29, 1.82) is 0 Å². The quantitative estimate of drug-likeness (QED) is 0.340. The Balaban J connectivity index is 3.83. The fourth-order valence-electron chi connectivity index (χ4n) is 0.330. The van der Waals surface area contributed by atoms with Crippen LogP contribution in [-0.4, -0.2) is 17.5 Å². The molecule has 74 valence electrons. The number of hydrogen-bond acceptors (Lipinski definition) is 5. The molecule has 0 amide bonds. The third-order valence-corrected chi connectivity index (χ3v) is 0.729. The van der Waals surface area contributed by atoms with Gasteiger partial charge in [-0.15, -0.1) is 0 Å². The smallest absolute Gasteiger partial charge is 0.366 e. The van der Waals surface area contributed by atoms with Gasteiger partial charge in [-0.25, -0.2) is 4.79 Å². The zero-order chi connectivity index (χ0) is 10.5. The van der Waals surface area contributed by atoms with Gasteiger partial charge >= 0.3 is 5.97 Å². The summed E-state index contributed by atoms with van der Waals surface area (Å²) in [6, 6.07) is 0. The molecule has 0 N–H and O–H groups in total. The molecular formula is C8H11O5-. The Morgan fingerprint density at radius 2 is 1.77 bits per heavy atom. The SMILES string of the molecule is CC(C)(C)OOC(=O)C=CC(=O)[O-]. The second-order valence-electron chi connectivity index (χ2n) is 3.25. The van der Waals surface area contributed by atoms with Crippen LogP contribution in [0.4, 0.5) is 0 Å². The Labute approximate surface area is 75.9 Å². The van der Waals surface area contributed by atoms with E-state index in [0.717, 1.165) is 0 Å². The van der Waals surface area contributed by atoms with Crippen LogP contribution >= 0.6 is 0 Å². The summed E-state index contributed by atoms with van der Waals surface area (Å²) in [5.41, 5.74) is -0.620. The van der Waals surface area contributed by atoms with Gasteiger partial charge in [0.25, 0.3) is 0 Å². The Hall–Kier alpha value is -1.36. The van der Waals surface area contributed by atoms with E-state index in [1.54, 1.807) is 20.8 Å². The lowest BCUT2D eigenvalue weighted by Crippen LogP contribution is -2.22. The Kier molecular flexibility index (Phi) is 4.13. The first-order valence-electron chi connectivity index (χ1n) is 3.60. The standard InChI is InChI=1S/C8H12O5/c1-8(2,3)13-12-7(11)5-4-6(9)10/h4-5H,1-3H3,(H,9,10)/p-1. The number of carbonyl (C=O) groups excluding carboxylic acids is 2. The summed E-state index contributed by atoms with van der Waals surface area (Å²) in [5, 5.41) is 9.86. The molecule has 0 aromatic rings. The minimum absolute atomic E-state index is 0.564. The molecule has 0 aliphatic heterocycles. The summed E-state index contributed by atoms with van der Waals surface area (Å²) in [6.07, 6.45) is 1.27. The summed E-state index contributed by atoms with van der Waals surface area (Å²) in [5.74, 6) is -2.35. The third kappa shape index (κ3) is 8.55. The monoisotopic (exact) mass is 187 g/mol. The maximum Gasteiger partial charge on any atom is 0.366 e. The lowest BCUT2D eigenvalue weighted by Gasteiger charge is -2.15. The fourth-order valence-corrected chi connectivity index (χ4v) is 0.330. The highest BCUT2D eigenvalue weighted by molar-refractivity contribution is 5.89. The van der Waals surface area contributed by atoms with Crippen molar-refractivity contribution in [1.82, 2.24) is 0 Å². The highest BCUT2D eigenvalue weighted by Crippen LogP contribution is 2.06. The first-order chi connectivity index (χ1) is 5.81. The van der Waals surface area contributed by atoms with Gasteiger partial charge in [-0.1, -0.05) is 0 Å². The van der Waals surface area contributed by atoms with Crippen LogP contribution in [0.2, 0.25) is 0 Å². The number of carboxylic acid groups (broad SMARTS) is 1. The van der Waals surface area contributed by atoms with Crippen molar-refractivity contribution in [2.75, 3.05) is 0 Å². The fraction of sp³-hybridized carbons (Fsp3) is 0.500. The molecule has 0 saturated heterocycles. The number of carboxylic acids is 1. The number of aliphatic carboxylic acids is 1. The van der Waals surface area contributed by atoms with E-state index in [1.165, 1.54) is 0 Å². The molecule has 13 heavy (non-hydrogen) atoms. The van der Waals surface area contributed by atoms with E-state index in [9.17, 15) is 14.7 Å². The molecule has 0 aliphatic carbocycles. The molecule has 0 aromatic carbocycles. The topological polar surface area (TPSA) is 75.7 Å². The molecular weight excluding hydrogens is 176 g/mol.